The van der Waals surface area contributed by atoms with E-state index in [1.165, 1.54) is 37.2 Å². The van der Waals surface area contributed by atoms with Crippen LogP contribution in [0.25, 0.3) is 0 Å². The number of aryl methyl sites for hydroxylation is 1. The molecule has 1 aromatic rings. The SMILES string of the molecule is CC1CC2CCC3CC(CCc4cccc(Cl)c4)N=C(N1)N32. The summed E-state index contributed by atoms with van der Waals surface area (Å²) in [6.45, 7) is 2.28. The lowest BCUT2D eigenvalue weighted by Crippen LogP contribution is -2.59. The van der Waals surface area contributed by atoms with Gasteiger partial charge in [0.15, 0.2) is 5.96 Å². The van der Waals surface area contributed by atoms with Gasteiger partial charge in [0.2, 0.25) is 0 Å². The summed E-state index contributed by atoms with van der Waals surface area (Å²) >= 11 is 6.08. The van der Waals surface area contributed by atoms with Gasteiger partial charge in [0.05, 0.1) is 6.04 Å². The molecule has 22 heavy (non-hydrogen) atoms. The Morgan fingerprint density at radius 1 is 1.27 bits per heavy atom. The van der Waals surface area contributed by atoms with Crippen LogP contribution in [0.3, 0.4) is 0 Å². The highest BCUT2D eigenvalue weighted by atomic mass is 35.5. The van der Waals surface area contributed by atoms with Gasteiger partial charge in [-0.2, -0.15) is 0 Å². The third kappa shape index (κ3) is 2.71. The molecule has 0 spiro atoms. The monoisotopic (exact) mass is 317 g/mol. The zero-order valence-corrected chi connectivity index (χ0v) is 13.9. The van der Waals surface area contributed by atoms with E-state index in [0.717, 1.165) is 23.9 Å². The summed E-state index contributed by atoms with van der Waals surface area (Å²) in [5, 5.41) is 4.44. The largest absolute Gasteiger partial charge is 0.354 e. The van der Waals surface area contributed by atoms with Crippen LogP contribution in [-0.2, 0) is 6.42 Å². The van der Waals surface area contributed by atoms with Gasteiger partial charge >= 0.3 is 0 Å². The van der Waals surface area contributed by atoms with Crippen LogP contribution in [0.2, 0.25) is 5.02 Å². The zero-order chi connectivity index (χ0) is 15.1. The molecule has 0 aliphatic carbocycles. The third-order valence-corrected chi connectivity index (χ3v) is 5.60. The minimum atomic E-state index is 0.451. The van der Waals surface area contributed by atoms with Gasteiger partial charge in [0.25, 0.3) is 0 Å². The van der Waals surface area contributed by atoms with Crippen molar-refractivity contribution < 1.29 is 0 Å². The molecule has 3 nitrogen and oxygen atoms in total. The second-order valence-corrected chi connectivity index (χ2v) is 7.52. The van der Waals surface area contributed by atoms with E-state index in [-0.39, 0.29) is 0 Å². The molecule has 118 valence electrons. The fourth-order valence-corrected chi connectivity index (χ4v) is 4.60. The summed E-state index contributed by atoms with van der Waals surface area (Å²) in [5.74, 6) is 1.17. The Balaban J connectivity index is 1.46. The van der Waals surface area contributed by atoms with Crippen molar-refractivity contribution in [3.63, 3.8) is 0 Å². The molecule has 4 atom stereocenters. The van der Waals surface area contributed by atoms with Gasteiger partial charge < -0.3 is 10.2 Å². The van der Waals surface area contributed by atoms with Gasteiger partial charge in [0, 0.05) is 23.1 Å². The minimum Gasteiger partial charge on any atom is -0.354 e. The number of guanidine groups is 1. The van der Waals surface area contributed by atoms with Crippen molar-refractivity contribution in [3.8, 4) is 0 Å². The summed E-state index contributed by atoms with van der Waals surface area (Å²) in [5.41, 5.74) is 1.32. The van der Waals surface area contributed by atoms with E-state index < -0.39 is 0 Å². The molecule has 3 aliphatic heterocycles. The van der Waals surface area contributed by atoms with Crippen molar-refractivity contribution in [1.82, 2.24) is 10.2 Å². The maximum Gasteiger partial charge on any atom is 0.194 e. The highest BCUT2D eigenvalue weighted by Crippen LogP contribution is 2.36. The molecule has 0 bridgehead atoms. The zero-order valence-electron chi connectivity index (χ0n) is 13.1. The van der Waals surface area contributed by atoms with Crippen molar-refractivity contribution in [3.05, 3.63) is 34.9 Å². The molecule has 4 unspecified atom stereocenters. The van der Waals surface area contributed by atoms with Crippen LogP contribution >= 0.6 is 11.6 Å². The van der Waals surface area contributed by atoms with Crippen LogP contribution in [0.15, 0.2) is 29.3 Å². The van der Waals surface area contributed by atoms with Crippen molar-refractivity contribution in [2.45, 2.75) is 69.6 Å². The lowest BCUT2D eigenvalue weighted by Gasteiger charge is -2.44. The number of benzene rings is 1. The lowest BCUT2D eigenvalue weighted by atomic mass is 9.97. The maximum atomic E-state index is 6.08. The van der Waals surface area contributed by atoms with Crippen LogP contribution in [0.5, 0.6) is 0 Å². The van der Waals surface area contributed by atoms with Gasteiger partial charge in [-0.25, -0.2) is 4.99 Å². The van der Waals surface area contributed by atoms with Gasteiger partial charge in [-0.3, -0.25) is 0 Å². The number of nitrogens with one attached hydrogen (secondary N) is 1. The van der Waals surface area contributed by atoms with Gasteiger partial charge in [-0.15, -0.1) is 0 Å². The average Bonchev–Trinajstić information content (AvgIpc) is 2.89. The molecule has 0 saturated carbocycles. The first kappa shape index (κ1) is 14.4. The first-order valence-corrected chi connectivity index (χ1v) is 8.94. The van der Waals surface area contributed by atoms with E-state index in [1.807, 2.05) is 12.1 Å². The molecule has 2 saturated heterocycles. The smallest absolute Gasteiger partial charge is 0.194 e. The van der Waals surface area contributed by atoms with Crippen molar-refractivity contribution in [2.24, 2.45) is 4.99 Å². The fourth-order valence-electron chi connectivity index (χ4n) is 4.38. The number of rotatable bonds is 3. The maximum absolute atomic E-state index is 6.08. The molecule has 1 N–H and O–H groups in total. The molecule has 0 amide bonds. The molecule has 4 rings (SSSR count). The standard InChI is InChI=1S/C18H24ClN3/c1-12-9-16-7-8-17-11-15(21-18(20-12)22(16)17)6-5-13-3-2-4-14(19)10-13/h2-4,10,12,15-17H,5-9,11H2,1H3,(H,20,21). The first-order valence-electron chi connectivity index (χ1n) is 8.56. The summed E-state index contributed by atoms with van der Waals surface area (Å²) in [7, 11) is 0. The van der Waals surface area contributed by atoms with Gasteiger partial charge in [-0.05, 0) is 63.1 Å². The summed E-state index contributed by atoms with van der Waals surface area (Å²) in [4.78, 5) is 7.61. The van der Waals surface area contributed by atoms with Crippen molar-refractivity contribution >= 4 is 17.6 Å². The molecule has 2 fully saturated rings. The highest BCUT2D eigenvalue weighted by molar-refractivity contribution is 6.30. The van der Waals surface area contributed by atoms with E-state index in [4.69, 9.17) is 16.6 Å². The normalized spacial score (nSPS) is 33.2. The molecule has 3 aliphatic rings. The molecule has 0 radical (unpaired) electrons. The Labute approximate surface area is 137 Å². The Hall–Kier alpha value is -1.22. The minimum absolute atomic E-state index is 0.451. The Morgan fingerprint density at radius 2 is 2.09 bits per heavy atom. The van der Waals surface area contributed by atoms with E-state index in [2.05, 4.69) is 29.3 Å². The topological polar surface area (TPSA) is 27.6 Å². The highest BCUT2D eigenvalue weighted by Gasteiger charge is 2.43. The van der Waals surface area contributed by atoms with E-state index in [1.54, 1.807) is 0 Å². The van der Waals surface area contributed by atoms with Crippen molar-refractivity contribution in [2.75, 3.05) is 0 Å². The lowest BCUT2D eigenvalue weighted by molar-refractivity contribution is 0.210. The quantitative estimate of drug-likeness (QED) is 0.922. The van der Waals surface area contributed by atoms with Crippen LogP contribution in [0.1, 0.15) is 44.6 Å². The molecular weight excluding hydrogens is 294 g/mol. The van der Waals surface area contributed by atoms with Crippen LogP contribution < -0.4 is 5.32 Å². The van der Waals surface area contributed by atoms with Gasteiger partial charge in [0.1, 0.15) is 0 Å². The fraction of sp³-hybridized carbons (Fsp3) is 0.611. The van der Waals surface area contributed by atoms with Crippen LogP contribution in [0, 0.1) is 0 Å². The summed E-state index contributed by atoms with van der Waals surface area (Å²) < 4.78 is 0. The predicted octanol–water partition coefficient (Wildman–Crippen LogP) is 3.62. The van der Waals surface area contributed by atoms with Crippen LogP contribution in [-0.4, -0.2) is 35.0 Å². The summed E-state index contributed by atoms with van der Waals surface area (Å²) in [6, 6.07) is 10.7. The predicted molar refractivity (Wildman–Crippen MR) is 91.5 cm³/mol. The molecular formula is C18H24ClN3. The Morgan fingerprint density at radius 3 is 2.91 bits per heavy atom. The average molecular weight is 318 g/mol. The number of halogens is 1. The molecule has 3 heterocycles. The number of aliphatic imine (C=N–C) groups is 1. The Bertz CT molecular complexity index is 585. The van der Waals surface area contributed by atoms with E-state index in [0.29, 0.717) is 18.1 Å². The number of hydrogen-bond acceptors (Lipinski definition) is 3. The van der Waals surface area contributed by atoms with Crippen LogP contribution in [0.4, 0.5) is 0 Å². The summed E-state index contributed by atoms with van der Waals surface area (Å²) in [6.07, 6.45) is 7.35. The molecule has 1 aromatic carbocycles. The number of nitrogens with zero attached hydrogens (tertiary/aromatic N) is 2. The molecule has 4 heteroatoms. The third-order valence-electron chi connectivity index (χ3n) is 5.37. The first-order chi connectivity index (χ1) is 10.7. The number of hydrogen-bond donors (Lipinski definition) is 1. The second kappa shape index (κ2) is 5.77. The molecule has 0 aromatic heterocycles. The van der Waals surface area contributed by atoms with Crippen molar-refractivity contribution in [1.29, 1.82) is 0 Å². The Kier molecular flexibility index (Phi) is 3.77. The van der Waals surface area contributed by atoms with E-state index in [9.17, 15) is 0 Å². The second-order valence-electron chi connectivity index (χ2n) is 7.08. The van der Waals surface area contributed by atoms with Gasteiger partial charge in [-0.1, -0.05) is 23.7 Å². The van der Waals surface area contributed by atoms with E-state index >= 15 is 0 Å².